The second-order valence-corrected chi connectivity index (χ2v) is 5.36. The number of carbonyl (C=O) groups is 2. The van der Waals surface area contributed by atoms with Crippen molar-refractivity contribution in [3.63, 3.8) is 0 Å². The number of hydrogen-bond donors (Lipinski definition) is 2. The molecule has 2 N–H and O–H groups in total. The minimum atomic E-state index is -4.87. The molecule has 3 heterocycles. The van der Waals surface area contributed by atoms with Crippen LogP contribution < -0.4 is 0 Å². The highest BCUT2D eigenvalue weighted by Crippen LogP contribution is 2.38. The number of aromatic carboxylic acids is 2. The zero-order valence-corrected chi connectivity index (χ0v) is 13.2. The van der Waals surface area contributed by atoms with Crippen LogP contribution in [0.15, 0.2) is 29.1 Å². The molecule has 0 aliphatic carbocycles. The molecule has 10 heteroatoms. The first-order valence-electron chi connectivity index (χ1n) is 7.31. The molecule has 0 amide bonds. The Bertz CT molecular complexity index is 1020. The Morgan fingerprint density at radius 1 is 1.27 bits per heavy atom. The number of aromatic nitrogens is 2. The summed E-state index contributed by atoms with van der Waals surface area (Å²) < 4.78 is 46.3. The van der Waals surface area contributed by atoms with Crippen molar-refractivity contribution < 1.29 is 37.4 Å². The van der Waals surface area contributed by atoms with Gasteiger partial charge < -0.3 is 14.6 Å². The molecule has 0 saturated heterocycles. The van der Waals surface area contributed by atoms with Crippen molar-refractivity contribution in [2.75, 3.05) is 0 Å². The van der Waals surface area contributed by atoms with Crippen LogP contribution in [0.1, 0.15) is 39.2 Å². The average molecular weight is 368 g/mol. The van der Waals surface area contributed by atoms with Crippen LogP contribution in [0.5, 0.6) is 0 Å². The number of hydrogen-bond acceptors (Lipinski definition) is 4. The fraction of sp³-hybridized carbons (Fsp3) is 0.188. The van der Waals surface area contributed by atoms with Crippen LogP contribution in [0.2, 0.25) is 0 Å². The van der Waals surface area contributed by atoms with Gasteiger partial charge in [-0.3, -0.25) is 4.40 Å². The average Bonchev–Trinajstić information content (AvgIpc) is 3.19. The normalized spacial score (nSPS) is 11.8. The van der Waals surface area contributed by atoms with Crippen molar-refractivity contribution in [1.82, 2.24) is 9.38 Å². The zero-order valence-electron chi connectivity index (χ0n) is 13.2. The molecule has 0 spiro atoms. The molecule has 0 saturated carbocycles. The van der Waals surface area contributed by atoms with E-state index in [-0.39, 0.29) is 17.7 Å². The van der Waals surface area contributed by atoms with Crippen molar-refractivity contribution in [1.29, 1.82) is 0 Å². The number of furan rings is 1. The molecular formula is C16H11F3N2O5. The summed E-state index contributed by atoms with van der Waals surface area (Å²) in [5.74, 6) is -3.42. The second-order valence-electron chi connectivity index (χ2n) is 5.36. The summed E-state index contributed by atoms with van der Waals surface area (Å²) in [6.07, 6.45) is -2.26. The third-order valence-electron chi connectivity index (χ3n) is 3.87. The molecule has 0 aliphatic rings. The number of aryl methyl sites for hydroxylation is 1. The van der Waals surface area contributed by atoms with E-state index in [1.54, 1.807) is 6.92 Å². The smallest absolute Gasteiger partial charge is 0.420 e. The van der Waals surface area contributed by atoms with Gasteiger partial charge in [0, 0.05) is 16.8 Å². The number of halogens is 3. The van der Waals surface area contributed by atoms with Crippen molar-refractivity contribution in [2.24, 2.45) is 0 Å². The van der Waals surface area contributed by atoms with Gasteiger partial charge in [-0.15, -0.1) is 0 Å². The van der Waals surface area contributed by atoms with Gasteiger partial charge in [0.15, 0.2) is 17.0 Å². The highest BCUT2D eigenvalue weighted by atomic mass is 19.4. The van der Waals surface area contributed by atoms with Crippen molar-refractivity contribution in [2.45, 2.75) is 19.5 Å². The topological polar surface area (TPSA) is 105 Å². The molecule has 0 atom stereocenters. The van der Waals surface area contributed by atoms with Gasteiger partial charge in [-0.25, -0.2) is 14.6 Å². The van der Waals surface area contributed by atoms with Crippen LogP contribution in [-0.4, -0.2) is 31.5 Å². The molecule has 136 valence electrons. The quantitative estimate of drug-likeness (QED) is 0.729. The first-order chi connectivity index (χ1) is 12.2. The summed E-state index contributed by atoms with van der Waals surface area (Å²) in [5, 5.41) is 18.6. The molecule has 3 aromatic heterocycles. The van der Waals surface area contributed by atoms with Crippen LogP contribution in [0.3, 0.4) is 0 Å². The lowest BCUT2D eigenvalue weighted by atomic mass is 10.0. The van der Waals surface area contributed by atoms with Crippen LogP contribution >= 0.6 is 0 Å². The summed E-state index contributed by atoms with van der Waals surface area (Å²) in [4.78, 5) is 26.4. The van der Waals surface area contributed by atoms with Crippen molar-refractivity contribution >= 4 is 17.6 Å². The summed E-state index contributed by atoms with van der Waals surface area (Å²) in [6, 6.07) is 2.25. The van der Waals surface area contributed by atoms with E-state index in [1.165, 1.54) is 18.6 Å². The Morgan fingerprint density at radius 3 is 2.42 bits per heavy atom. The molecular weight excluding hydrogens is 357 g/mol. The fourth-order valence-corrected chi connectivity index (χ4v) is 2.85. The molecule has 0 bridgehead atoms. The van der Waals surface area contributed by atoms with E-state index in [0.717, 1.165) is 10.5 Å². The predicted octanol–water partition coefficient (Wildman–Crippen LogP) is 3.57. The lowest BCUT2D eigenvalue weighted by Gasteiger charge is -2.16. The standard InChI is InChI=1S/C16H11F3N2O5/c1-2-10-8(7-3-4-26-6-7)5-9(16(17,18)19)13-20-11(14(22)23)12(15(24)25)21(10)13/h3-6H,2H2,1H3,(H,22,23)(H,24,25). The Labute approximate surface area is 143 Å². The van der Waals surface area contributed by atoms with Crippen molar-refractivity contribution in [3.8, 4) is 11.1 Å². The Kier molecular flexibility index (Phi) is 3.98. The van der Waals surface area contributed by atoms with E-state index in [9.17, 15) is 33.0 Å². The molecule has 7 nitrogen and oxygen atoms in total. The summed E-state index contributed by atoms with van der Waals surface area (Å²) in [7, 11) is 0. The first-order valence-corrected chi connectivity index (χ1v) is 7.31. The Hall–Kier alpha value is -3.30. The molecule has 0 fully saturated rings. The number of imidazole rings is 1. The van der Waals surface area contributed by atoms with Gasteiger partial charge >= 0.3 is 18.1 Å². The lowest BCUT2D eigenvalue weighted by Crippen LogP contribution is -2.14. The van der Waals surface area contributed by atoms with Crippen LogP contribution in [-0.2, 0) is 12.6 Å². The first kappa shape index (κ1) is 17.5. The zero-order chi connectivity index (χ0) is 19.2. The number of pyridine rings is 1. The second kappa shape index (κ2) is 5.90. The third kappa shape index (κ3) is 2.59. The summed E-state index contributed by atoms with van der Waals surface area (Å²) in [6.45, 7) is 1.61. The fourth-order valence-electron chi connectivity index (χ4n) is 2.85. The van der Waals surface area contributed by atoms with E-state index in [1.807, 2.05) is 0 Å². The maximum Gasteiger partial charge on any atom is 0.420 e. The maximum atomic E-state index is 13.5. The minimum Gasteiger partial charge on any atom is -0.476 e. The number of alkyl halides is 3. The molecule has 26 heavy (non-hydrogen) atoms. The largest absolute Gasteiger partial charge is 0.476 e. The Morgan fingerprint density at radius 2 is 1.96 bits per heavy atom. The monoisotopic (exact) mass is 368 g/mol. The van der Waals surface area contributed by atoms with Crippen LogP contribution in [0.4, 0.5) is 13.2 Å². The third-order valence-corrected chi connectivity index (χ3v) is 3.87. The van der Waals surface area contributed by atoms with Crippen LogP contribution in [0, 0.1) is 0 Å². The van der Waals surface area contributed by atoms with E-state index in [4.69, 9.17) is 4.42 Å². The highest BCUT2D eigenvalue weighted by Gasteiger charge is 2.38. The van der Waals surface area contributed by atoms with E-state index >= 15 is 0 Å². The van der Waals surface area contributed by atoms with Gasteiger partial charge in [0.1, 0.15) is 0 Å². The molecule has 0 unspecified atom stereocenters. The predicted molar refractivity (Wildman–Crippen MR) is 81.2 cm³/mol. The van der Waals surface area contributed by atoms with Gasteiger partial charge in [0.2, 0.25) is 0 Å². The number of fused-ring (bicyclic) bond motifs is 1. The van der Waals surface area contributed by atoms with Gasteiger partial charge in [0.05, 0.1) is 18.1 Å². The van der Waals surface area contributed by atoms with Gasteiger partial charge in [-0.2, -0.15) is 13.2 Å². The molecule has 0 aromatic carbocycles. The SMILES string of the molecule is CCc1c(-c2ccoc2)cc(C(F)(F)F)c2nc(C(=O)O)c(C(=O)O)n12. The molecule has 3 rings (SSSR count). The number of carboxylic acid groups (broad SMARTS) is 2. The van der Waals surface area contributed by atoms with E-state index in [0.29, 0.717) is 5.56 Å². The minimum absolute atomic E-state index is 0.0814. The van der Waals surface area contributed by atoms with Gasteiger partial charge in [-0.1, -0.05) is 6.92 Å². The van der Waals surface area contributed by atoms with E-state index in [2.05, 4.69) is 4.98 Å². The number of rotatable bonds is 4. The molecule has 0 radical (unpaired) electrons. The molecule has 3 aromatic rings. The number of nitrogens with zero attached hydrogens (tertiary/aromatic N) is 2. The summed E-state index contributed by atoms with van der Waals surface area (Å²) >= 11 is 0. The molecule has 0 aliphatic heterocycles. The highest BCUT2D eigenvalue weighted by molar-refractivity contribution is 6.01. The Balaban J connectivity index is 2.58. The maximum absolute atomic E-state index is 13.5. The number of carboxylic acids is 2. The van der Waals surface area contributed by atoms with E-state index < -0.39 is 40.7 Å². The summed E-state index contributed by atoms with van der Waals surface area (Å²) in [5.41, 5.74) is -3.24. The lowest BCUT2D eigenvalue weighted by molar-refractivity contribution is -0.136. The van der Waals surface area contributed by atoms with Crippen LogP contribution in [0.25, 0.3) is 16.8 Å². The van der Waals surface area contributed by atoms with Gasteiger partial charge in [-0.05, 0) is 18.6 Å². The van der Waals surface area contributed by atoms with Crippen molar-refractivity contribution in [3.05, 3.63) is 47.3 Å². The van der Waals surface area contributed by atoms with Gasteiger partial charge in [0.25, 0.3) is 0 Å².